The first-order valence-corrected chi connectivity index (χ1v) is 7.00. The zero-order chi connectivity index (χ0) is 15.0. The molecular formula is C16H18N2O3. The topological polar surface area (TPSA) is 62.7 Å². The number of aromatic hydroxyl groups is 1. The summed E-state index contributed by atoms with van der Waals surface area (Å²) in [6.07, 6.45) is 2.13. The number of hydrogen-bond acceptors (Lipinski definition) is 4. The summed E-state index contributed by atoms with van der Waals surface area (Å²) in [7, 11) is 0. The largest absolute Gasteiger partial charge is 0.507 e. The Kier molecular flexibility index (Phi) is 3.51. The second-order valence-corrected chi connectivity index (χ2v) is 5.50. The SMILES string of the molecule is Cc1cc(C)c2ncc(C3CN(C=O)CCO3)c(O)c2c1. The molecule has 21 heavy (non-hydrogen) atoms. The molecule has 110 valence electrons. The molecule has 5 heteroatoms. The number of hydrogen-bond donors (Lipinski definition) is 1. The fourth-order valence-corrected chi connectivity index (χ4v) is 2.85. The summed E-state index contributed by atoms with van der Waals surface area (Å²) in [6, 6.07) is 3.97. The van der Waals surface area contributed by atoms with Gasteiger partial charge < -0.3 is 14.7 Å². The quantitative estimate of drug-likeness (QED) is 0.859. The van der Waals surface area contributed by atoms with Crippen LogP contribution in [0.15, 0.2) is 18.3 Å². The molecule has 1 saturated heterocycles. The van der Waals surface area contributed by atoms with E-state index in [9.17, 15) is 9.90 Å². The molecule has 2 aromatic rings. The maximum absolute atomic E-state index is 10.9. The van der Waals surface area contributed by atoms with Crippen molar-refractivity contribution in [3.05, 3.63) is 35.0 Å². The van der Waals surface area contributed by atoms with Crippen LogP contribution in [0.25, 0.3) is 10.9 Å². The van der Waals surface area contributed by atoms with Gasteiger partial charge in [-0.25, -0.2) is 0 Å². The number of benzene rings is 1. The Morgan fingerprint density at radius 3 is 3.00 bits per heavy atom. The van der Waals surface area contributed by atoms with E-state index in [1.165, 1.54) is 0 Å². The lowest BCUT2D eigenvalue weighted by molar-refractivity contribution is -0.125. The van der Waals surface area contributed by atoms with Crippen LogP contribution >= 0.6 is 0 Å². The molecule has 0 spiro atoms. The highest BCUT2D eigenvalue weighted by Gasteiger charge is 2.25. The number of ether oxygens (including phenoxy) is 1. The van der Waals surface area contributed by atoms with Gasteiger partial charge in [0.25, 0.3) is 0 Å². The highest BCUT2D eigenvalue weighted by Crippen LogP contribution is 2.35. The molecule has 1 aliphatic rings. The third-order valence-electron chi connectivity index (χ3n) is 3.90. The number of fused-ring (bicyclic) bond motifs is 1. The predicted octanol–water partition coefficient (Wildman–Crippen LogP) is 2.09. The van der Waals surface area contributed by atoms with Crippen LogP contribution in [0.1, 0.15) is 22.8 Å². The predicted molar refractivity (Wildman–Crippen MR) is 79.2 cm³/mol. The first-order valence-electron chi connectivity index (χ1n) is 7.00. The Bertz CT molecular complexity index is 699. The van der Waals surface area contributed by atoms with Gasteiger partial charge >= 0.3 is 0 Å². The molecule has 3 rings (SSSR count). The van der Waals surface area contributed by atoms with E-state index >= 15 is 0 Å². The van der Waals surface area contributed by atoms with Crippen molar-refractivity contribution in [2.24, 2.45) is 0 Å². The van der Waals surface area contributed by atoms with Gasteiger partial charge in [0.1, 0.15) is 11.9 Å². The Balaban J connectivity index is 2.07. The molecule has 1 amide bonds. The van der Waals surface area contributed by atoms with Gasteiger partial charge in [-0.2, -0.15) is 0 Å². The van der Waals surface area contributed by atoms with Crippen molar-refractivity contribution in [2.75, 3.05) is 19.7 Å². The number of aryl methyl sites for hydroxylation is 2. The van der Waals surface area contributed by atoms with E-state index < -0.39 is 0 Å². The van der Waals surface area contributed by atoms with Crippen LogP contribution in [-0.4, -0.2) is 41.1 Å². The number of aromatic nitrogens is 1. The van der Waals surface area contributed by atoms with E-state index in [0.717, 1.165) is 28.4 Å². The van der Waals surface area contributed by atoms with Crippen LogP contribution in [0.4, 0.5) is 0 Å². The molecule has 0 bridgehead atoms. The summed E-state index contributed by atoms with van der Waals surface area (Å²) < 4.78 is 5.69. The van der Waals surface area contributed by atoms with Crippen LogP contribution in [-0.2, 0) is 9.53 Å². The summed E-state index contributed by atoms with van der Waals surface area (Å²) in [5.41, 5.74) is 3.54. The molecule has 1 fully saturated rings. The van der Waals surface area contributed by atoms with Crippen LogP contribution in [0.3, 0.4) is 0 Å². The Morgan fingerprint density at radius 1 is 1.43 bits per heavy atom. The molecule has 1 unspecified atom stereocenters. The standard InChI is InChI=1S/C16H18N2O3/c1-10-5-11(2)15-12(6-10)16(20)13(7-17-15)14-8-18(9-19)3-4-21-14/h5-7,9,14H,3-4,8H2,1-2H3,(H,17,20). The lowest BCUT2D eigenvalue weighted by Gasteiger charge is -2.30. The molecule has 1 aromatic heterocycles. The normalized spacial score (nSPS) is 19.0. The van der Waals surface area contributed by atoms with Crippen molar-refractivity contribution in [1.29, 1.82) is 0 Å². The lowest BCUT2D eigenvalue weighted by Crippen LogP contribution is -2.37. The second kappa shape index (κ2) is 5.33. The van der Waals surface area contributed by atoms with E-state index in [4.69, 9.17) is 4.74 Å². The van der Waals surface area contributed by atoms with Crippen LogP contribution in [0, 0.1) is 13.8 Å². The zero-order valence-electron chi connectivity index (χ0n) is 12.2. The van der Waals surface area contributed by atoms with Gasteiger partial charge in [-0.15, -0.1) is 0 Å². The zero-order valence-corrected chi connectivity index (χ0v) is 12.2. The number of carbonyl (C=O) groups is 1. The van der Waals surface area contributed by atoms with Gasteiger partial charge in [0.05, 0.1) is 18.7 Å². The van der Waals surface area contributed by atoms with Crippen molar-refractivity contribution in [2.45, 2.75) is 20.0 Å². The minimum Gasteiger partial charge on any atom is -0.507 e. The average molecular weight is 286 g/mol. The minimum absolute atomic E-state index is 0.199. The molecule has 0 saturated carbocycles. The molecule has 1 aliphatic heterocycles. The van der Waals surface area contributed by atoms with Crippen LogP contribution < -0.4 is 0 Å². The molecular weight excluding hydrogens is 268 g/mol. The first kappa shape index (κ1) is 13.8. The van der Waals surface area contributed by atoms with Crippen molar-refractivity contribution in [3.63, 3.8) is 0 Å². The second-order valence-electron chi connectivity index (χ2n) is 5.50. The summed E-state index contributed by atoms with van der Waals surface area (Å²) in [5.74, 6) is 0.199. The van der Waals surface area contributed by atoms with E-state index in [-0.39, 0.29) is 11.9 Å². The Labute approximate surface area is 123 Å². The van der Waals surface area contributed by atoms with E-state index in [1.807, 2.05) is 26.0 Å². The minimum atomic E-state index is -0.332. The van der Waals surface area contributed by atoms with Crippen molar-refractivity contribution in [1.82, 2.24) is 9.88 Å². The third-order valence-corrected chi connectivity index (χ3v) is 3.90. The summed E-state index contributed by atoms with van der Waals surface area (Å²) in [5, 5.41) is 11.3. The van der Waals surface area contributed by atoms with Gasteiger partial charge in [-0.05, 0) is 31.0 Å². The fraction of sp³-hybridized carbons (Fsp3) is 0.375. The van der Waals surface area contributed by atoms with Crippen molar-refractivity contribution < 1.29 is 14.6 Å². The lowest BCUT2D eigenvalue weighted by atomic mass is 10.0. The fourth-order valence-electron chi connectivity index (χ4n) is 2.85. The number of rotatable bonds is 2. The maximum Gasteiger partial charge on any atom is 0.209 e. The van der Waals surface area contributed by atoms with Gasteiger partial charge in [0.15, 0.2) is 0 Å². The van der Waals surface area contributed by atoms with Gasteiger partial charge in [0, 0.05) is 23.7 Å². The van der Waals surface area contributed by atoms with Gasteiger partial charge in [-0.1, -0.05) is 6.07 Å². The number of morpholine rings is 1. The maximum atomic E-state index is 10.9. The molecule has 5 nitrogen and oxygen atoms in total. The molecule has 2 heterocycles. The number of nitrogens with zero attached hydrogens (tertiary/aromatic N) is 2. The summed E-state index contributed by atoms with van der Waals surface area (Å²) >= 11 is 0. The first-order chi connectivity index (χ1) is 10.1. The van der Waals surface area contributed by atoms with Gasteiger partial charge in [-0.3, -0.25) is 9.78 Å². The van der Waals surface area contributed by atoms with Crippen LogP contribution in [0.2, 0.25) is 0 Å². The molecule has 1 N–H and O–H groups in total. The average Bonchev–Trinajstić information content (AvgIpc) is 2.48. The Morgan fingerprint density at radius 2 is 2.24 bits per heavy atom. The van der Waals surface area contributed by atoms with Gasteiger partial charge in [0.2, 0.25) is 6.41 Å². The summed E-state index contributed by atoms with van der Waals surface area (Å²) in [6.45, 7) is 5.46. The molecule has 0 radical (unpaired) electrons. The highest BCUT2D eigenvalue weighted by molar-refractivity contribution is 5.89. The van der Waals surface area contributed by atoms with Crippen LogP contribution in [0.5, 0.6) is 5.75 Å². The summed E-state index contributed by atoms with van der Waals surface area (Å²) in [4.78, 5) is 17.0. The Hall–Kier alpha value is -2.14. The number of amides is 1. The van der Waals surface area contributed by atoms with Crippen molar-refractivity contribution >= 4 is 17.3 Å². The molecule has 1 aromatic carbocycles. The monoisotopic (exact) mass is 286 g/mol. The molecule has 0 aliphatic carbocycles. The smallest absolute Gasteiger partial charge is 0.209 e. The highest BCUT2D eigenvalue weighted by atomic mass is 16.5. The third kappa shape index (κ3) is 2.45. The number of pyridine rings is 1. The number of carbonyl (C=O) groups excluding carboxylic acids is 1. The van der Waals surface area contributed by atoms with E-state index in [2.05, 4.69) is 4.98 Å². The van der Waals surface area contributed by atoms with Crippen molar-refractivity contribution in [3.8, 4) is 5.75 Å². The van der Waals surface area contributed by atoms with E-state index in [1.54, 1.807) is 11.1 Å². The van der Waals surface area contributed by atoms with E-state index in [0.29, 0.717) is 25.3 Å². The molecule has 1 atom stereocenters.